The first-order valence-corrected chi connectivity index (χ1v) is 13.3. The number of allylic oxidation sites excluding steroid dienone is 3. The molecule has 0 saturated heterocycles. The van der Waals surface area contributed by atoms with Crippen LogP contribution >= 0.6 is 0 Å². The van der Waals surface area contributed by atoms with Crippen LogP contribution in [0.2, 0.25) is 0 Å². The number of hydrogen-bond donors (Lipinski definition) is 1. The number of rotatable bonds is 10. The molecule has 0 aliphatic rings. The molecule has 0 unspecified atom stereocenters. The molecule has 0 radical (unpaired) electrons. The maximum absolute atomic E-state index is 13.4. The van der Waals surface area contributed by atoms with E-state index in [2.05, 4.69) is 22.8 Å². The van der Waals surface area contributed by atoms with Crippen LogP contribution in [0.15, 0.2) is 88.3 Å². The predicted molar refractivity (Wildman–Crippen MR) is 162 cm³/mol. The third-order valence-electron chi connectivity index (χ3n) is 6.51. The van der Waals surface area contributed by atoms with E-state index in [1.165, 1.54) is 25.3 Å². The molecule has 9 heteroatoms. The Labute approximate surface area is 244 Å². The third-order valence-corrected chi connectivity index (χ3v) is 6.51. The van der Waals surface area contributed by atoms with Crippen molar-refractivity contribution in [3.05, 3.63) is 105 Å². The number of halogens is 4. The average molecular weight is 584 g/mol. The van der Waals surface area contributed by atoms with E-state index in [4.69, 9.17) is 4.84 Å². The minimum Gasteiger partial charge on any atom is -0.342 e. The summed E-state index contributed by atoms with van der Waals surface area (Å²) >= 11 is 0. The normalized spacial score (nSPS) is 12.7. The second kappa shape index (κ2) is 15.7. The Bertz CT molecular complexity index is 1510. The zero-order chi connectivity index (χ0) is 31.3. The average Bonchev–Trinajstić information content (AvgIpc) is 2.95. The molecule has 3 rings (SSSR count). The second-order valence-corrected chi connectivity index (χ2v) is 9.99. The number of aliphatic imine (C=N–C) groups is 1. The maximum Gasteiger partial charge on any atom is 0.416 e. The van der Waals surface area contributed by atoms with Crippen molar-refractivity contribution >= 4 is 16.7 Å². The van der Waals surface area contributed by atoms with Crippen LogP contribution in [-0.2, 0) is 17.6 Å². The first-order valence-electron chi connectivity index (χ1n) is 13.3. The predicted octanol–water partition coefficient (Wildman–Crippen LogP) is 7.49. The lowest BCUT2D eigenvalue weighted by atomic mass is 9.83. The fourth-order valence-corrected chi connectivity index (χ4v) is 4.30. The Morgan fingerprint density at radius 2 is 1.76 bits per heavy atom. The van der Waals surface area contributed by atoms with Crippen LogP contribution < -0.4 is 10.9 Å². The van der Waals surface area contributed by atoms with Crippen LogP contribution in [0.1, 0.15) is 50.8 Å². The summed E-state index contributed by atoms with van der Waals surface area (Å²) in [5, 5.41) is 0.445. The number of pyridine rings is 1. The number of hydroxylamine groups is 1. The molecule has 3 aromatic rings. The summed E-state index contributed by atoms with van der Waals surface area (Å²) in [6, 6.07) is 12.0. The van der Waals surface area contributed by atoms with Gasteiger partial charge in [-0.05, 0) is 50.1 Å². The first-order chi connectivity index (χ1) is 19.9. The number of alkyl halides is 4. The first kappa shape index (κ1) is 34.0. The highest BCUT2D eigenvalue weighted by Crippen LogP contribution is 2.30. The molecule has 0 aliphatic heterocycles. The topological polar surface area (TPSA) is 55.6 Å². The zero-order valence-electron chi connectivity index (χ0n) is 24.6. The lowest BCUT2D eigenvalue weighted by Crippen LogP contribution is -2.34. The number of terminal acetylenes is 1. The molecule has 1 aromatic heterocycles. The van der Waals surface area contributed by atoms with Crippen molar-refractivity contribution in [2.24, 2.45) is 10.4 Å². The SMILES string of the molecule is C#CC.C/C=C(\C/C=C\CF)C(C)(C)CONC(=NC)c1cn(Cc2ccc(C(F)(F)F)cc2)c2ccccc2c1=O. The molecule has 0 bridgehead atoms. The van der Waals surface area contributed by atoms with E-state index < -0.39 is 18.4 Å². The standard InChI is InChI=1S/C30H33F4N3O2.C3H4/c1-5-22(10-8-9-17-31)29(2,3)20-39-36-28(35-4)25-19-37(26-12-7-6-11-24(26)27(25)38)18-21-13-15-23(16-14-21)30(32,33)34;1-3-2/h5-9,11-16,19H,10,17-18,20H2,1-4H3,(H,35,36);1H,2H3/b9-8-,22-5+;. The Hall–Kier alpha value is -4.16. The van der Waals surface area contributed by atoms with E-state index in [9.17, 15) is 22.4 Å². The molecule has 2 aromatic carbocycles. The van der Waals surface area contributed by atoms with Gasteiger partial charge in [-0.15, -0.1) is 12.3 Å². The van der Waals surface area contributed by atoms with Gasteiger partial charge in [0, 0.05) is 30.6 Å². The van der Waals surface area contributed by atoms with Gasteiger partial charge in [0.05, 0.1) is 23.3 Å². The molecule has 1 N–H and O–H groups in total. The quantitative estimate of drug-likeness (QED) is 0.0672. The molecular formula is C33H37F4N3O2. The summed E-state index contributed by atoms with van der Waals surface area (Å²) in [4.78, 5) is 23.4. The lowest BCUT2D eigenvalue weighted by molar-refractivity contribution is -0.137. The number of benzene rings is 2. The molecular weight excluding hydrogens is 546 g/mol. The maximum atomic E-state index is 13.4. The van der Waals surface area contributed by atoms with E-state index in [1.807, 2.05) is 26.8 Å². The Balaban J connectivity index is 0.00000197. The fraction of sp³-hybridized carbons (Fsp3) is 0.333. The Morgan fingerprint density at radius 3 is 2.33 bits per heavy atom. The fourth-order valence-electron chi connectivity index (χ4n) is 4.30. The van der Waals surface area contributed by atoms with Crippen molar-refractivity contribution in [1.82, 2.24) is 10.0 Å². The highest BCUT2D eigenvalue weighted by Gasteiger charge is 2.30. The van der Waals surface area contributed by atoms with Gasteiger partial charge < -0.3 is 4.57 Å². The van der Waals surface area contributed by atoms with Crippen molar-refractivity contribution in [2.45, 2.75) is 46.8 Å². The van der Waals surface area contributed by atoms with Crippen molar-refractivity contribution in [3.63, 3.8) is 0 Å². The molecule has 0 spiro atoms. The van der Waals surface area contributed by atoms with Gasteiger partial charge in [0.1, 0.15) is 6.67 Å². The number of aromatic nitrogens is 1. The van der Waals surface area contributed by atoms with Gasteiger partial charge in [0.15, 0.2) is 11.3 Å². The van der Waals surface area contributed by atoms with Gasteiger partial charge in [-0.3, -0.25) is 14.6 Å². The largest absolute Gasteiger partial charge is 0.416 e. The van der Waals surface area contributed by atoms with Gasteiger partial charge in [0.2, 0.25) is 0 Å². The van der Waals surface area contributed by atoms with Crippen LogP contribution in [0.4, 0.5) is 17.6 Å². The van der Waals surface area contributed by atoms with Crippen LogP contribution in [0, 0.1) is 17.8 Å². The smallest absolute Gasteiger partial charge is 0.342 e. The minimum absolute atomic E-state index is 0.224. The van der Waals surface area contributed by atoms with Crippen molar-refractivity contribution < 1.29 is 22.4 Å². The van der Waals surface area contributed by atoms with Crippen molar-refractivity contribution in [2.75, 3.05) is 20.3 Å². The number of amidine groups is 1. The second-order valence-electron chi connectivity index (χ2n) is 9.99. The van der Waals surface area contributed by atoms with Crippen LogP contribution in [-0.4, -0.2) is 30.7 Å². The number of hydrogen-bond acceptors (Lipinski definition) is 3. The van der Waals surface area contributed by atoms with E-state index in [0.717, 1.165) is 17.7 Å². The van der Waals surface area contributed by atoms with Crippen LogP contribution in [0.3, 0.4) is 0 Å². The molecule has 0 atom stereocenters. The van der Waals surface area contributed by atoms with Crippen LogP contribution in [0.25, 0.3) is 10.9 Å². The molecule has 42 heavy (non-hydrogen) atoms. The highest BCUT2D eigenvalue weighted by atomic mass is 19.4. The number of fused-ring (bicyclic) bond motifs is 1. The summed E-state index contributed by atoms with van der Waals surface area (Å²) < 4.78 is 53.3. The lowest BCUT2D eigenvalue weighted by Gasteiger charge is -2.27. The number of nitrogens with zero attached hydrogens (tertiary/aromatic N) is 2. The summed E-state index contributed by atoms with van der Waals surface area (Å²) in [5.74, 6) is 2.47. The van der Waals surface area contributed by atoms with Crippen molar-refractivity contribution in [3.8, 4) is 12.3 Å². The molecule has 1 heterocycles. The van der Waals surface area contributed by atoms with E-state index in [0.29, 0.717) is 22.9 Å². The number of nitrogens with one attached hydrogen (secondary N) is 1. The molecule has 0 amide bonds. The number of para-hydroxylation sites is 1. The molecule has 0 fully saturated rings. The highest BCUT2D eigenvalue weighted by molar-refractivity contribution is 6.00. The Kier molecular flexibility index (Phi) is 12.8. The van der Waals surface area contributed by atoms with Gasteiger partial charge in [-0.1, -0.05) is 61.9 Å². The van der Waals surface area contributed by atoms with Crippen LogP contribution in [0.5, 0.6) is 0 Å². The summed E-state index contributed by atoms with van der Waals surface area (Å²) in [5.41, 5.74) is 4.07. The molecule has 5 nitrogen and oxygen atoms in total. The summed E-state index contributed by atoms with van der Waals surface area (Å²) in [6.07, 6.45) is 7.62. The monoisotopic (exact) mass is 583 g/mol. The van der Waals surface area contributed by atoms with Gasteiger partial charge >= 0.3 is 6.18 Å². The minimum atomic E-state index is -4.42. The van der Waals surface area contributed by atoms with E-state index in [1.54, 1.807) is 48.0 Å². The van der Waals surface area contributed by atoms with E-state index in [-0.39, 0.29) is 35.4 Å². The summed E-state index contributed by atoms with van der Waals surface area (Å²) in [6.45, 7) is 7.55. The zero-order valence-corrected chi connectivity index (χ0v) is 24.6. The summed E-state index contributed by atoms with van der Waals surface area (Å²) in [7, 11) is 1.53. The van der Waals surface area contributed by atoms with Gasteiger partial charge in [0.25, 0.3) is 0 Å². The van der Waals surface area contributed by atoms with Gasteiger partial charge in [-0.2, -0.15) is 13.2 Å². The third kappa shape index (κ3) is 9.18. The Morgan fingerprint density at radius 1 is 1.12 bits per heavy atom. The van der Waals surface area contributed by atoms with Gasteiger partial charge in [-0.25, -0.2) is 9.87 Å². The molecule has 0 aliphatic carbocycles. The molecule has 0 saturated carbocycles. The molecule has 224 valence electrons. The van der Waals surface area contributed by atoms with E-state index >= 15 is 0 Å². The van der Waals surface area contributed by atoms with Crippen molar-refractivity contribution in [1.29, 1.82) is 0 Å².